The molecule has 116 valence electrons. The molecule has 0 aliphatic carbocycles. The van der Waals surface area contributed by atoms with Crippen LogP contribution in [0.2, 0.25) is 0 Å². The first-order valence-electron chi connectivity index (χ1n) is 6.80. The molecule has 3 amide bonds. The molecule has 0 fully saturated rings. The summed E-state index contributed by atoms with van der Waals surface area (Å²) >= 11 is 0. The smallest absolute Gasteiger partial charge is 0.317 e. The van der Waals surface area contributed by atoms with Crippen molar-refractivity contribution in [1.82, 2.24) is 10.2 Å². The fourth-order valence-corrected chi connectivity index (χ4v) is 1.90. The summed E-state index contributed by atoms with van der Waals surface area (Å²) in [6.45, 7) is 6.03. The number of primary amides is 1. The van der Waals surface area contributed by atoms with Gasteiger partial charge in [0.15, 0.2) is 0 Å². The van der Waals surface area contributed by atoms with E-state index >= 15 is 0 Å². The lowest BCUT2D eigenvalue weighted by atomic mass is 10.1. The van der Waals surface area contributed by atoms with E-state index < -0.39 is 5.91 Å². The Balaban J connectivity index is 2.49. The number of benzene rings is 1. The Labute approximate surface area is 125 Å². The lowest BCUT2D eigenvalue weighted by Gasteiger charge is -2.21. The van der Waals surface area contributed by atoms with Crippen LogP contribution in [0.15, 0.2) is 18.2 Å². The number of para-hydroxylation sites is 1. The van der Waals surface area contributed by atoms with Gasteiger partial charge in [-0.25, -0.2) is 4.79 Å². The SMILES string of the molecule is Cc1cccc(C)c1OCC(C)NC(=O)N(C)CC(N)=O. The molecular formula is C15H23N3O3. The zero-order valence-corrected chi connectivity index (χ0v) is 13.0. The molecular weight excluding hydrogens is 270 g/mol. The van der Waals surface area contributed by atoms with E-state index in [4.69, 9.17) is 10.5 Å². The average molecular weight is 293 g/mol. The molecule has 6 nitrogen and oxygen atoms in total. The second kappa shape index (κ2) is 7.52. The maximum atomic E-state index is 11.8. The molecule has 0 aromatic heterocycles. The van der Waals surface area contributed by atoms with Crippen LogP contribution >= 0.6 is 0 Å². The molecule has 0 spiro atoms. The van der Waals surface area contributed by atoms with Crippen LogP contribution in [0.3, 0.4) is 0 Å². The molecule has 0 bridgehead atoms. The van der Waals surface area contributed by atoms with E-state index in [0.29, 0.717) is 6.61 Å². The molecule has 6 heteroatoms. The summed E-state index contributed by atoms with van der Waals surface area (Å²) in [5.41, 5.74) is 7.15. The van der Waals surface area contributed by atoms with Crippen molar-refractivity contribution in [2.75, 3.05) is 20.2 Å². The monoisotopic (exact) mass is 293 g/mol. The second-order valence-corrected chi connectivity index (χ2v) is 5.20. The van der Waals surface area contributed by atoms with E-state index in [1.54, 1.807) is 0 Å². The highest BCUT2D eigenvalue weighted by Gasteiger charge is 2.14. The van der Waals surface area contributed by atoms with Crippen LogP contribution < -0.4 is 15.8 Å². The van der Waals surface area contributed by atoms with Gasteiger partial charge in [-0.15, -0.1) is 0 Å². The van der Waals surface area contributed by atoms with Crippen LogP contribution in [0.1, 0.15) is 18.1 Å². The van der Waals surface area contributed by atoms with Crippen molar-refractivity contribution < 1.29 is 14.3 Å². The third-order valence-corrected chi connectivity index (χ3v) is 3.00. The number of urea groups is 1. The van der Waals surface area contributed by atoms with Gasteiger partial charge in [0.1, 0.15) is 18.9 Å². The number of hydrogen-bond acceptors (Lipinski definition) is 3. The number of nitrogens with one attached hydrogen (secondary N) is 1. The van der Waals surface area contributed by atoms with Crippen LogP contribution in [-0.4, -0.2) is 43.1 Å². The Hall–Kier alpha value is -2.24. The first kappa shape index (κ1) is 16.8. The number of nitrogens with two attached hydrogens (primary N) is 1. The van der Waals surface area contributed by atoms with Crippen molar-refractivity contribution >= 4 is 11.9 Å². The zero-order valence-electron chi connectivity index (χ0n) is 13.0. The van der Waals surface area contributed by atoms with Crippen LogP contribution in [0, 0.1) is 13.8 Å². The van der Waals surface area contributed by atoms with Gasteiger partial charge in [-0.1, -0.05) is 18.2 Å². The normalized spacial score (nSPS) is 11.6. The molecule has 1 aromatic rings. The minimum Gasteiger partial charge on any atom is -0.491 e. The number of amides is 3. The van der Waals surface area contributed by atoms with E-state index in [-0.39, 0.29) is 18.6 Å². The number of rotatable bonds is 6. The minimum absolute atomic E-state index is 0.115. The van der Waals surface area contributed by atoms with Crippen LogP contribution in [0.25, 0.3) is 0 Å². The van der Waals surface area contributed by atoms with Crippen LogP contribution in [0.5, 0.6) is 5.75 Å². The van der Waals surface area contributed by atoms with Crippen LogP contribution in [-0.2, 0) is 4.79 Å². The Morgan fingerprint density at radius 3 is 2.43 bits per heavy atom. The second-order valence-electron chi connectivity index (χ2n) is 5.20. The predicted octanol–water partition coefficient (Wildman–Crippen LogP) is 1.20. The molecule has 0 aliphatic rings. The molecule has 0 radical (unpaired) electrons. The maximum absolute atomic E-state index is 11.8. The van der Waals surface area contributed by atoms with Gasteiger partial charge < -0.3 is 20.7 Å². The molecule has 1 unspecified atom stereocenters. The highest BCUT2D eigenvalue weighted by Crippen LogP contribution is 2.22. The first-order valence-corrected chi connectivity index (χ1v) is 6.80. The Morgan fingerprint density at radius 2 is 1.90 bits per heavy atom. The van der Waals surface area contributed by atoms with Gasteiger partial charge in [0.2, 0.25) is 5.91 Å². The fraction of sp³-hybridized carbons (Fsp3) is 0.467. The summed E-state index contributed by atoms with van der Waals surface area (Å²) in [7, 11) is 1.51. The standard InChI is InChI=1S/C15H23N3O3/c1-10-6-5-7-11(2)14(10)21-9-12(3)17-15(20)18(4)8-13(16)19/h5-7,12H,8-9H2,1-4H3,(H2,16,19)(H,17,20). The first-order chi connectivity index (χ1) is 9.81. The predicted molar refractivity (Wildman–Crippen MR) is 81.2 cm³/mol. The largest absolute Gasteiger partial charge is 0.491 e. The molecule has 21 heavy (non-hydrogen) atoms. The summed E-state index contributed by atoms with van der Waals surface area (Å²) in [5.74, 6) is 0.288. The van der Waals surface area contributed by atoms with E-state index in [2.05, 4.69) is 5.32 Å². The lowest BCUT2D eigenvalue weighted by Crippen LogP contribution is -2.46. The number of carbonyl (C=O) groups excluding carboxylic acids is 2. The number of ether oxygens (including phenoxy) is 1. The molecule has 0 aliphatic heterocycles. The van der Waals surface area contributed by atoms with Gasteiger partial charge in [0.25, 0.3) is 0 Å². The van der Waals surface area contributed by atoms with Gasteiger partial charge in [0.05, 0.1) is 6.04 Å². The highest BCUT2D eigenvalue weighted by molar-refractivity contribution is 5.82. The van der Waals surface area contributed by atoms with Crippen molar-refractivity contribution in [3.63, 3.8) is 0 Å². The molecule has 3 N–H and O–H groups in total. The topological polar surface area (TPSA) is 84.7 Å². The lowest BCUT2D eigenvalue weighted by molar-refractivity contribution is -0.118. The highest BCUT2D eigenvalue weighted by atomic mass is 16.5. The third-order valence-electron chi connectivity index (χ3n) is 3.00. The molecule has 1 rings (SSSR count). The molecule has 0 heterocycles. The van der Waals surface area contributed by atoms with Gasteiger partial charge in [0, 0.05) is 7.05 Å². The Bertz CT molecular complexity index is 497. The van der Waals surface area contributed by atoms with Crippen molar-refractivity contribution in [2.24, 2.45) is 5.73 Å². The summed E-state index contributed by atoms with van der Waals surface area (Å²) in [4.78, 5) is 23.8. The van der Waals surface area contributed by atoms with Crippen molar-refractivity contribution in [3.8, 4) is 5.75 Å². The molecule has 0 saturated heterocycles. The van der Waals surface area contributed by atoms with Crippen molar-refractivity contribution in [2.45, 2.75) is 26.8 Å². The minimum atomic E-state index is -0.549. The molecule has 0 saturated carbocycles. The van der Waals surface area contributed by atoms with E-state index in [1.807, 2.05) is 39.0 Å². The number of aryl methyl sites for hydroxylation is 2. The van der Waals surface area contributed by atoms with Gasteiger partial charge in [-0.2, -0.15) is 0 Å². The molecule has 1 aromatic carbocycles. The van der Waals surface area contributed by atoms with Crippen molar-refractivity contribution in [3.05, 3.63) is 29.3 Å². The molecule has 1 atom stereocenters. The Kier molecular flexibility index (Phi) is 6.02. The summed E-state index contributed by atoms with van der Waals surface area (Å²) in [6.07, 6.45) is 0. The van der Waals surface area contributed by atoms with Crippen LogP contribution in [0.4, 0.5) is 4.79 Å². The average Bonchev–Trinajstić information content (AvgIpc) is 2.37. The quantitative estimate of drug-likeness (QED) is 0.826. The summed E-state index contributed by atoms with van der Waals surface area (Å²) < 4.78 is 5.77. The third kappa shape index (κ3) is 5.33. The number of nitrogens with zero attached hydrogens (tertiary/aromatic N) is 1. The van der Waals surface area contributed by atoms with E-state index in [9.17, 15) is 9.59 Å². The van der Waals surface area contributed by atoms with Gasteiger partial charge >= 0.3 is 6.03 Å². The zero-order chi connectivity index (χ0) is 16.0. The summed E-state index contributed by atoms with van der Waals surface area (Å²) in [6, 6.07) is 5.39. The number of carbonyl (C=O) groups is 2. The van der Waals surface area contributed by atoms with Gasteiger partial charge in [-0.3, -0.25) is 4.79 Å². The fourth-order valence-electron chi connectivity index (χ4n) is 1.90. The number of likely N-dealkylation sites (N-methyl/N-ethyl adjacent to an activating group) is 1. The summed E-state index contributed by atoms with van der Waals surface area (Å²) in [5, 5.41) is 2.75. The van der Waals surface area contributed by atoms with E-state index in [0.717, 1.165) is 16.9 Å². The Morgan fingerprint density at radius 1 is 1.33 bits per heavy atom. The number of hydrogen-bond donors (Lipinski definition) is 2. The van der Waals surface area contributed by atoms with Gasteiger partial charge in [-0.05, 0) is 31.9 Å². The van der Waals surface area contributed by atoms with E-state index in [1.165, 1.54) is 11.9 Å². The maximum Gasteiger partial charge on any atom is 0.317 e. The van der Waals surface area contributed by atoms with Crippen molar-refractivity contribution in [1.29, 1.82) is 0 Å².